The molecular formula is C28H30N8O2. The first-order chi connectivity index (χ1) is 18.4. The van der Waals surface area contributed by atoms with E-state index in [0.29, 0.717) is 25.3 Å². The van der Waals surface area contributed by atoms with Crippen molar-refractivity contribution in [3.63, 3.8) is 0 Å². The van der Waals surface area contributed by atoms with E-state index in [1.54, 1.807) is 23.1 Å². The Balaban J connectivity index is 1.24. The van der Waals surface area contributed by atoms with Crippen LogP contribution in [0.2, 0.25) is 0 Å². The van der Waals surface area contributed by atoms with E-state index >= 15 is 0 Å². The number of benzene rings is 2. The zero-order chi connectivity index (χ0) is 26.6. The summed E-state index contributed by atoms with van der Waals surface area (Å²) in [7, 11) is 1.82. The maximum Gasteiger partial charge on any atom is 0.255 e. The first-order valence-corrected chi connectivity index (χ1v) is 12.4. The lowest BCUT2D eigenvalue weighted by Crippen LogP contribution is -2.44. The van der Waals surface area contributed by atoms with Crippen LogP contribution >= 0.6 is 0 Å². The number of anilines is 2. The highest BCUT2D eigenvalue weighted by atomic mass is 16.2. The van der Waals surface area contributed by atoms with Gasteiger partial charge >= 0.3 is 0 Å². The van der Waals surface area contributed by atoms with E-state index in [1.807, 2.05) is 61.8 Å². The van der Waals surface area contributed by atoms with Crippen LogP contribution < -0.4 is 27.4 Å². The summed E-state index contributed by atoms with van der Waals surface area (Å²) in [6.07, 6.45) is 5.14. The third-order valence-corrected chi connectivity index (χ3v) is 6.74. The summed E-state index contributed by atoms with van der Waals surface area (Å²) < 4.78 is 1.67. The van der Waals surface area contributed by atoms with E-state index in [1.165, 1.54) is 0 Å². The van der Waals surface area contributed by atoms with Gasteiger partial charge in [-0.2, -0.15) is 5.10 Å². The summed E-state index contributed by atoms with van der Waals surface area (Å²) in [4.78, 5) is 30.4. The molecule has 1 unspecified atom stereocenters. The van der Waals surface area contributed by atoms with Crippen molar-refractivity contribution in [2.75, 3.05) is 24.1 Å². The quantitative estimate of drug-likeness (QED) is 0.255. The Morgan fingerprint density at radius 1 is 1.00 bits per heavy atom. The van der Waals surface area contributed by atoms with Gasteiger partial charge in [0.05, 0.1) is 23.7 Å². The highest BCUT2D eigenvalue weighted by Gasteiger charge is 2.34. The van der Waals surface area contributed by atoms with Crippen molar-refractivity contribution in [1.82, 2.24) is 25.4 Å². The predicted octanol–water partition coefficient (Wildman–Crippen LogP) is 2.15. The highest BCUT2D eigenvalue weighted by Crippen LogP contribution is 2.24. The second-order valence-corrected chi connectivity index (χ2v) is 9.37. The molecule has 1 fully saturated rings. The monoisotopic (exact) mass is 510 g/mol. The predicted molar refractivity (Wildman–Crippen MR) is 147 cm³/mol. The Bertz CT molecular complexity index is 1450. The van der Waals surface area contributed by atoms with Gasteiger partial charge in [0.2, 0.25) is 5.91 Å². The molecule has 38 heavy (non-hydrogen) atoms. The number of nitrogens with zero attached hydrogens (tertiary/aromatic N) is 3. The first-order valence-electron chi connectivity index (χ1n) is 12.4. The number of hydrogen-bond acceptors (Lipinski definition) is 7. The summed E-state index contributed by atoms with van der Waals surface area (Å²) >= 11 is 0. The molecule has 0 bridgehead atoms. The van der Waals surface area contributed by atoms with Gasteiger partial charge in [-0.25, -0.2) is 4.98 Å². The van der Waals surface area contributed by atoms with Crippen LogP contribution in [0.5, 0.6) is 0 Å². The van der Waals surface area contributed by atoms with Crippen molar-refractivity contribution in [3.05, 3.63) is 84.3 Å². The standard InChI is InChI=1S/C28H30N8O2/c1-36-16-21(13-33-36)20-10-23(26(30)32-12-20)27(37)35-25-15-31-14-24(25)28(38)34-22-8-6-19(7-9-22)18-4-2-17(11-29)3-5-18/h2-10,12-13,16,24-25,31H,11,14-15,29H2,1H3,(H2,30,32)(H,34,38)(H,35,37)/t24?,25-/m0/s1. The molecule has 0 aliphatic carbocycles. The second-order valence-electron chi connectivity index (χ2n) is 9.37. The normalized spacial score (nSPS) is 16.8. The molecule has 4 aromatic rings. The fourth-order valence-electron chi connectivity index (χ4n) is 4.55. The number of nitrogens with two attached hydrogens (primary N) is 2. The number of aromatic nitrogens is 3. The van der Waals surface area contributed by atoms with Crippen LogP contribution in [-0.4, -0.2) is 45.7 Å². The van der Waals surface area contributed by atoms with Crippen LogP contribution in [-0.2, 0) is 18.4 Å². The van der Waals surface area contributed by atoms with Crippen molar-refractivity contribution in [2.24, 2.45) is 18.7 Å². The van der Waals surface area contributed by atoms with Crippen LogP contribution in [0.4, 0.5) is 11.5 Å². The van der Waals surface area contributed by atoms with Crippen LogP contribution in [0, 0.1) is 5.92 Å². The molecule has 3 heterocycles. The van der Waals surface area contributed by atoms with Crippen molar-refractivity contribution >= 4 is 23.3 Å². The van der Waals surface area contributed by atoms with Gasteiger partial charge in [-0.15, -0.1) is 0 Å². The maximum absolute atomic E-state index is 13.1. The van der Waals surface area contributed by atoms with E-state index in [4.69, 9.17) is 11.5 Å². The average molecular weight is 511 g/mol. The maximum atomic E-state index is 13.1. The smallest absolute Gasteiger partial charge is 0.255 e. The van der Waals surface area contributed by atoms with Gasteiger partial charge in [0.25, 0.3) is 5.91 Å². The third-order valence-electron chi connectivity index (χ3n) is 6.74. The number of carbonyl (C=O) groups is 2. The van der Waals surface area contributed by atoms with Gasteiger partial charge < -0.3 is 27.4 Å². The fraction of sp³-hybridized carbons (Fsp3) is 0.214. The minimum atomic E-state index is -0.446. The lowest BCUT2D eigenvalue weighted by Gasteiger charge is -2.20. The van der Waals surface area contributed by atoms with Crippen molar-refractivity contribution < 1.29 is 9.59 Å². The molecule has 5 rings (SSSR count). The van der Waals surface area contributed by atoms with Crippen LogP contribution in [0.25, 0.3) is 22.3 Å². The molecule has 2 amide bonds. The van der Waals surface area contributed by atoms with E-state index in [9.17, 15) is 9.59 Å². The van der Waals surface area contributed by atoms with E-state index in [-0.39, 0.29) is 23.2 Å². The lowest BCUT2D eigenvalue weighted by atomic mass is 10.0. The molecule has 10 nitrogen and oxygen atoms in total. The summed E-state index contributed by atoms with van der Waals surface area (Å²) in [5.74, 6) is -0.870. The van der Waals surface area contributed by atoms with Gasteiger partial charge in [-0.3, -0.25) is 14.3 Å². The zero-order valence-corrected chi connectivity index (χ0v) is 21.0. The Kier molecular flexibility index (Phi) is 7.16. The molecule has 1 aliphatic rings. The number of nitrogens with one attached hydrogen (secondary N) is 3. The molecule has 7 N–H and O–H groups in total. The van der Waals surface area contributed by atoms with E-state index < -0.39 is 12.0 Å². The molecular weight excluding hydrogens is 480 g/mol. The summed E-state index contributed by atoms with van der Waals surface area (Å²) in [5, 5.41) is 13.3. The van der Waals surface area contributed by atoms with E-state index in [0.717, 1.165) is 27.8 Å². The Morgan fingerprint density at radius 2 is 1.71 bits per heavy atom. The molecule has 194 valence electrons. The van der Waals surface area contributed by atoms with Crippen LogP contribution in [0.15, 0.2) is 73.2 Å². The Morgan fingerprint density at radius 3 is 2.37 bits per heavy atom. The molecule has 1 saturated heterocycles. The number of hydrogen-bond donors (Lipinski definition) is 5. The van der Waals surface area contributed by atoms with Gasteiger partial charge in [0.15, 0.2) is 0 Å². The molecule has 2 aromatic carbocycles. The fourth-order valence-corrected chi connectivity index (χ4v) is 4.55. The average Bonchev–Trinajstić information content (AvgIpc) is 3.58. The van der Waals surface area contributed by atoms with Crippen LogP contribution in [0.3, 0.4) is 0 Å². The summed E-state index contributed by atoms with van der Waals surface area (Å²) in [6, 6.07) is 17.0. The third kappa shape index (κ3) is 5.41. The van der Waals surface area contributed by atoms with Crippen molar-refractivity contribution in [2.45, 2.75) is 12.6 Å². The van der Waals surface area contributed by atoms with Gasteiger partial charge in [0.1, 0.15) is 5.82 Å². The van der Waals surface area contributed by atoms with Crippen molar-refractivity contribution in [1.29, 1.82) is 0 Å². The second kappa shape index (κ2) is 10.8. The largest absolute Gasteiger partial charge is 0.383 e. The Hall–Kier alpha value is -4.54. The summed E-state index contributed by atoms with van der Waals surface area (Å²) in [6.45, 7) is 1.42. The van der Waals surface area contributed by atoms with Crippen molar-refractivity contribution in [3.8, 4) is 22.3 Å². The number of amides is 2. The molecule has 2 atom stereocenters. The Labute approximate surface area is 220 Å². The molecule has 0 spiro atoms. The number of carbonyl (C=O) groups excluding carboxylic acids is 2. The minimum absolute atomic E-state index is 0.125. The van der Waals surface area contributed by atoms with Crippen LogP contribution in [0.1, 0.15) is 15.9 Å². The van der Waals surface area contributed by atoms with Gasteiger partial charge in [0, 0.05) is 55.9 Å². The number of nitrogen functional groups attached to an aromatic ring is 1. The number of rotatable bonds is 7. The number of pyridine rings is 1. The molecule has 1 aliphatic heterocycles. The van der Waals surface area contributed by atoms with Gasteiger partial charge in [-0.1, -0.05) is 36.4 Å². The highest BCUT2D eigenvalue weighted by molar-refractivity contribution is 6.00. The van der Waals surface area contributed by atoms with Gasteiger partial charge in [-0.05, 0) is 34.9 Å². The lowest BCUT2D eigenvalue weighted by molar-refractivity contribution is -0.119. The summed E-state index contributed by atoms with van der Waals surface area (Å²) in [5.41, 5.74) is 17.4. The molecule has 10 heteroatoms. The topological polar surface area (TPSA) is 153 Å². The molecule has 0 saturated carbocycles. The SMILES string of the molecule is Cn1cc(-c2cnc(N)c(C(=O)N[C@H]3CNCC3C(=O)Nc3ccc(-c4ccc(CN)cc4)cc3)c2)cn1. The molecule has 0 radical (unpaired) electrons. The van der Waals surface area contributed by atoms with E-state index in [2.05, 4.69) is 26.0 Å². The first kappa shape index (κ1) is 25.1. The molecule has 2 aromatic heterocycles. The number of aryl methyl sites for hydroxylation is 1. The minimum Gasteiger partial charge on any atom is -0.383 e. The zero-order valence-electron chi connectivity index (χ0n) is 21.0.